The largest absolute Gasteiger partial charge is 0.481 e. The van der Waals surface area contributed by atoms with Gasteiger partial charge in [-0.25, -0.2) is 4.39 Å². The van der Waals surface area contributed by atoms with E-state index in [1.807, 2.05) is 6.92 Å². The molecule has 1 saturated heterocycles. The monoisotopic (exact) mass is 458 g/mol. The maximum atomic E-state index is 14.4. The van der Waals surface area contributed by atoms with Crippen LogP contribution in [0.1, 0.15) is 51.5 Å². The van der Waals surface area contributed by atoms with Crippen LogP contribution in [0.4, 0.5) is 23.2 Å². The highest BCUT2D eigenvalue weighted by molar-refractivity contribution is 5.95. The molecular weight excluding hydrogens is 428 g/mol. The summed E-state index contributed by atoms with van der Waals surface area (Å²) in [6.07, 6.45) is -1.00. The van der Waals surface area contributed by atoms with Gasteiger partial charge in [0.25, 0.3) is 0 Å². The van der Waals surface area contributed by atoms with Gasteiger partial charge in [0, 0.05) is 0 Å². The van der Waals surface area contributed by atoms with E-state index in [-0.39, 0.29) is 12.1 Å². The summed E-state index contributed by atoms with van der Waals surface area (Å²) in [6, 6.07) is 2.41. The zero-order valence-electron chi connectivity index (χ0n) is 18.3. The number of aliphatic carboxylic acids is 1. The number of benzene rings is 1. The van der Waals surface area contributed by atoms with Crippen LogP contribution >= 0.6 is 0 Å². The molecule has 9 heteroatoms. The first-order chi connectivity index (χ1) is 15.0. The van der Waals surface area contributed by atoms with Crippen molar-refractivity contribution in [2.24, 2.45) is 17.3 Å². The number of alkyl halides is 3. The topological polar surface area (TPSA) is 69.6 Å². The lowest BCUT2D eigenvalue weighted by Gasteiger charge is -2.39. The van der Waals surface area contributed by atoms with Crippen molar-refractivity contribution in [1.82, 2.24) is 4.90 Å². The fourth-order valence-electron chi connectivity index (χ4n) is 4.52. The lowest BCUT2D eigenvalue weighted by atomic mass is 9.90. The third-order valence-electron chi connectivity index (χ3n) is 7.02. The average Bonchev–Trinajstić information content (AvgIpc) is 3.51. The fourth-order valence-corrected chi connectivity index (χ4v) is 4.52. The Morgan fingerprint density at radius 3 is 2.38 bits per heavy atom. The molecule has 5 nitrogen and oxygen atoms in total. The summed E-state index contributed by atoms with van der Waals surface area (Å²) < 4.78 is 55.1. The second kappa shape index (κ2) is 9.37. The molecule has 2 N–H and O–H groups in total. The van der Waals surface area contributed by atoms with Crippen molar-refractivity contribution in [2.75, 3.05) is 18.4 Å². The standard InChI is InChI=1S/C23H30F4N2O3/c1-3-15-6-10-29(11-7-15)19(14(2)23(25,26)27)20(30)28-18-12-16(4-5-17(18)24)13-22(8-9-22)21(31)32/h4-5,12,14-15,19H,3,6-11,13H2,1-2H3,(H,28,30)(H,31,32)/t14-,19-/m0/s1. The number of likely N-dealkylation sites (tertiary alicyclic amines) is 1. The zero-order valence-corrected chi connectivity index (χ0v) is 18.3. The van der Waals surface area contributed by atoms with E-state index in [2.05, 4.69) is 5.32 Å². The van der Waals surface area contributed by atoms with Gasteiger partial charge in [0.15, 0.2) is 0 Å². The van der Waals surface area contributed by atoms with Crippen molar-refractivity contribution in [3.63, 3.8) is 0 Å². The number of carboxylic acids is 1. The average molecular weight is 458 g/mol. The highest BCUT2D eigenvalue weighted by Gasteiger charge is 2.50. The molecule has 178 valence electrons. The van der Waals surface area contributed by atoms with Crippen LogP contribution in [0.3, 0.4) is 0 Å². The van der Waals surface area contributed by atoms with Gasteiger partial charge < -0.3 is 10.4 Å². The fraction of sp³-hybridized carbons (Fsp3) is 0.652. The number of piperidine rings is 1. The summed E-state index contributed by atoms with van der Waals surface area (Å²) in [4.78, 5) is 26.0. The summed E-state index contributed by atoms with van der Waals surface area (Å²) in [5.41, 5.74) is -0.585. The molecule has 0 aromatic heterocycles. The molecule has 0 radical (unpaired) electrons. The van der Waals surface area contributed by atoms with Crippen molar-refractivity contribution in [1.29, 1.82) is 0 Å². The number of amides is 1. The molecule has 3 rings (SSSR count). The first-order valence-corrected chi connectivity index (χ1v) is 11.1. The van der Waals surface area contributed by atoms with Crippen molar-refractivity contribution in [3.05, 3.63) is 29.6 Å². The van der Waals surface area contributed by atoms with Crippen LogP contribution in [0.2, 0.25) is 0 Å². The third kappa shape index (κ3) is 5.42. The Bertz CT molecular complexity index is 846. The number of anilines is 1. The normalized spacial score (nSPS) is 21.1. The van der Waals surface area contributed by atoms with Gasteiger partial charge in [0.2, 0.25) is 5.91 Å². The molecule has 0 spiro atoms. The van der Waals surface area contributed by atoms with Crippen molar-refractivity contribution >= 4 is 17.6 Å². The number of nitrogens with zero attached hydrogens (tertiary/aromatic N) is 1. The van der Waals surface area contributed by atoms with E-state index in [1.165, 1.54) is 12.1 Å². The molecule has 1 heterocycles. The predicted molar refractivity (Wildman–Crippen MR) is 112 cm³/mol. The third-order valence-corrected chi connectivity index (χ3v) is 7.02. The minimum absolute atomic E-state index is 0.179. The van der Waals surface area contributed by atoms with E-state index in [0.29, 0.717) is 50.3 Å². The van der Waals surface area contributed by atoms with Gasteiger partial charge >= 0.3 is 12.1 Å². The quantitative estimate of drug-likeness (QED) is 0.546. The maximum absolute atomic E-state index is 14.4. The molecule has 2 atom stereocenters. The number of carboxylic acid groups (broad SMARTS) is 1. The van der Waals surface area contributed by atoms with E-state index in [9.17, 15) is 32.3 Å². The van der Waals surface area contributed by atoms with Gasteiger partial charge in [0.1, 0.15) is 11.9 Å². The molecule has 1 aromatic carbocycles. The second-order valence-electron chi connectivity index (χ2n) is 9.23. The van der Waals surface area contributed by atoms with Crippen LogP contribution in [-0.2, 0) is 16.0 Å². The van der Waals surface area contributed by atoms with Crippen molar-refractivity contribution in [3.8, 4) is 0 Å². The van der Waals surface area contributed by atoms with Crippen LogP contribution in [0.25, 0.3) is 0 Å². The summed E-state index contributed by atoms with van der Waals surface area (Å²) in [5, 5.41) is 11.7. The summed E-state index contributed by atoms with van der Waals surface area (Å²) in [6.45, 7) is 3.77. The number of halogens is 4. The minimum Gasteiger partial charge on any atom is -0.481 e. The highest BCUT2D eigenvalue weighted by Crippen LogP contribution is 2.48. The van der Waals surface area contributed by atoms with Crippen LogP contribution in [0, 0.1) is 23.1 Å². The molecule has 1 saturated carbocycles. The highest BCUT2D eigenvalue weighted by atomic mass is 19.4. The molecule has 1 aliphatic carbocycles. The molecule has 0 unspecified atom stereocenters. The van der Waals surface area contributed by atoms with Crippen molar-refractivity contribution < 1.29 is 32.3 Å². The summed E-state index contributed by atoms with van der Waals surface area (Å²) in [7, 11) is 0. The number of hydrogen-bond acceptors (Lipinski definition) is 3. The van der Waals surface area contributed by atoms with Crippen LogP contribution in [-0.4, -0.2) is 47.2 Å². The lowest BCUT2D eigenvalue weighted by Crippen LogP contribution is -2.54. The van der Waals surface area contributed by atoms with Crippen LogP contribution in [0.15, 0.2) is 18.2 Å². The Morgan fingerprint density at radius 2 is 1.88 bits per heavy atom. The first kappa shape index (κ1) is 24.5. The molecule has 32 heavy (non-hydrogen) atoms. The van der Waals surface area contributed by atoms with Crippen molar-refractivity contribution in [2.45, 2.75) is 64.6 Å². The molecule has 1 amide bonds. The molecule has 1 aromatic rings. The number of hydrogen-bond donors (Lipinski definition) is 2. The Balaban J connectivity index is 1.79. The number of nitrogens with one attached hydrogen (secondary N) is 1. The SMILES string of the molecule is CCC1CCN([C@H](C(=O)Nc2cc(CC3(C(=O)O)CC3)ccc2F)[C@H](C)C(F)(F)F)CC1. The minimum atomic E-state index is -4.58. The van der Waals surface area contributed by atoms with Crippen LogP contribution < -0.4 is 5.32 Å². The predicted octanol–water partition coefficient (Wildman–Crippen LogP) is 4.86. The first-order valence-electron chi connectivity index (χ1n) is 11.1. The van der Waals surface area contributed by atoms with Gasteiger partial charge in [-0.05, 0) is 68.8 Å². The zero-order chi connectivity index (χ0) is 23.7. The van der Waals surface area contributed by atoms with E-state index in [4.69, 9.17) is 0 Å². The maximum Gasteiger partial charge on any atom is 0.393 e. The van der Waals surface area contributed by atoms with Crippen LogP contribution in [0.5, 0.6) is 0 Å². The van der Waals surface area contributed by atoms with E-state index < -0.39 is 41.2 Å². The molecule has 1 aliphatic heterocycles. The Hall–Kier alpha value is -2.16. The van der Waals surface area contributed by atoms with Gasteiger partial charge in [-0.15, -0.1) is 0 Å². The number of rotatable bonds is 8. The summed E-state index contributed by atoms with van der Waals surface area (Å²) >= 11 is 0. The summed E-state index contributed by atoms with van der Waals surface area (Å²) in [5.74, 6) is -4.10. The number of carbonyl (C=O) groups is 2. The molecular formula is C23H30F4N2O3. The Morgan fingerprint density at radius 1 is 1.25 bits per heavy atom. The van der Waals surface area contributed by atoms with Gasteiger partial charge in [-0.2, -0.15) is 13.2 Å². The van der Waals surface area contributed by atoms with E-state index >= 15 is 0 Å². The Labute approximate surface area is 185 Å². The Kier molecular flexibility index (Phi) is 7.17. The van der Waals surface area contributed by atoms with Gasteiger partial charge in [0.05, 0.1) is 17.0 Å². The molecule has 2 aliphatic rings. The molecule has 0 bridgehead atoms. The second-order valence-corrected chi connectivity index (χ2v) is 9.23. The van der Waals surface area contributed by atoms with E-state index in [1.54, 1.807) is 4.90 Å². The van der Waals surface area contributed by atoms with Gasteiger partial charge in [-0.3, -0.25) is 14.5 Å². The molecule has 2 fully saturated rings. The smallest absolute Gasteiger partial charge is 0.393 e. The van der Waals surface area contributed by atoms with Gasteiger partial charge in [-0.1, -0.05) is 26.3 Å². The number of carbonyl (C=O) groups excluding carboxylic acids is 1. The van der Waals surface area contributed by atoms with E-state index in [0.717, 1.165) is 19.4 Å². The lowest BCUT2D eigenvalue weighted by molar-refractivity contribution is -0.189.